The molecule has 0 radical (unpaired) electrons. The highest BCUT2D eigenvalue weighted by Crippen LogP contribution is 2.18. The van der Waals surface area contributed by atoms with E-state index in [-0.39, 0.29) is 40.0 Å². The standard InChI is InChI=1S/C22H23N5O5S/c1-4-13-7-5-6-8-15(13)25-16(28)10-23-17(29)11-33-22-26-19-18(20(30)27-22)14(21(31)32-3)9-12(2)24-19/h5-9H,4,10-11H2,1-3H3,(H,23,29)(H,25,28)(H,24,26,27,30). The number of thioether (sulfide) groups is 1. The number of amides is 2. The molecule has 0 spiro atoms. The van der Waals surface area contributed by atoms with Crippen molar-refractivity contribution in [3.05, 3.63) is 57.5 Å². The van der Waals surface area contributed by atoms with Crippen molar-refractivity contribution in [2.75, 3.05) is 24.7 Å². The summed E-state index contributed by atoms with van der Waals surface area (Å²) in [6, 6.07) is 8.90. The van der Waals surface area contributed by atoms with Gasteiger partial charge in [-0.3, -0.25) is 14.4 Å². The van der Waals surface area contributed by atoms with E-state index >= 15 is 0 Å². The summed E-state index contributed by atoms with van der Waals surface area (Å²) in [5, 5.41) is 5.49. The van der Waals surface area contributed by atoms with E-state index in [1.807, 2.05) is 25.1 Å². The number of aromatic nitrogens is 3. The van der Waals surface area contributed by atoms with Gasteiger partial charge >= 0.3 is 5.97 Å². The van der Waals surface area contributed by atoms with Crippen LogP contribution in [0.25, 0.3) is 11.0 Å². The van der Waals surface area contributed by atoms with Gasteiger partial charge in [-0.15, -0.1) is 0 Å². The number of rotatable bonds is 8. The molecule has 0 aliphatic heterocycles. The van der Waals surface area contributed by atoms with E-state index in [0.29, 0.717) is 11.4 Å². The van der Waals surface area contributed by atoms with Crippen LogP contribution in [0.4, 0.5) is 5.69 Å². The Hall–Kier alpha value is -3.73. The van der Waals surface area contributed by atoms with E-state index in [9.17, 15) is 19.2 Å². The molecule has 0 aliphatic rings. The van der Waals surface area contributed by atoms with Gasteiger partial charge in [0.25, 0.3) is 5.56 Å². The largest absolute Gasteiger partial charge is 0.465 e. The maximum atomic E-state index is 12.5. The van der Waals surface area contributed by atoms with Gasteiger partial charge in [-0.2, -0.15) is 0 Å². The van der Waals surface area contributed by atoms with Crippen LogP contribution in [0, 0.1) is 6.92 Å². The summed E-state index contributed by atoms with van der Waals surface area (Å²) in [6.07, 6.45) is 0.770. The molecular formula is C22H23N5O5S. The van der Waals surface area contributed by atoms with Crippen molar-refractivity contribution >= 4 is 46.3 Å². The van der Waals surface area contributed by atoms with Crippen LogP contribution in [0.1, 0.15) is 28.5 Å². The number of methoxy groups -OCH3 is 1. The number of aryl methyl sites for hydroxylation is 2. The first-order chi connectivity index (χ1) is 15.8. The number of esters is 1. The van der Waals surface area contributed by atoms with E-state index in [2.05, 4.69) is 25.6 Å². The van der Waals surface area contributed by atoms with E-state index in [1.54, 1.807) is 13.0 Å². The van der Waals surface area contributed by atoms with Crippen molar-refractivity contribution in [1.29, 1.82) is 0 Å². The maximum absolute atomic E-state index is 12.5. The smallest absolute Gasteiger partial charge is 0.338 e. The maximum Gasteiger partial charge on any atom is 0.338 e. The molecule has 0 bridgehead atoms. The zero-order valence-corrected chi connectivity index (χ0v) is 19.2. The Kier molecular flexibility index (Phi) is 7.78. The minimum Gasteiger partial charge on any atom is -0.465 e. The number of hydrogen-bond donors (Lipinski definition) is 3. The van der Waals surface area contributed by atoms with Crippen molar-refractivity contribution in [2.24, 2.45) is 0 Å². The number of carbonyl (C=O) groups is 3. The Bertz CT molecular complexity index is 1270. The molecule has 33 heavy (non-hydrogen) atoms. The first kappa shape index (κ1) is 23.9. The lowest BCUT2D eigenvalue weighted by molar-refractivity contribution is -0.122. The van der Waals surface area contributed by atoms with Crippen LogP contribution in [0.5, 0.6) is 0 Å². The zero-order chi connectivity index (χ0) is 24.0. The minimum atomic E-state index is -0.669. The summed E-state index contributed by atoms with van der Waals surface area (Å²) >= 11 is 0.979. The quantitative estimate of drug-likeness (QED) is 0.258. The molecule has 2 amide bonds. The van der Waals surface area contributed by atoms with Crippen LogP contribution in [0.2, 0.25) is 0 Å². The number of aromatic amines is 1. The number of nitrogens with zero attached hydrogens (tertiary/aromatic N) is 2. The lowest BCUT2D eigenvalue weighted by Gasteiger charge is -2.10. The molecule has 3 rings (SSSR count). The Balaban J connectivity index is 1.62. The number of benzene rings is 1. The molecule has 0 unspecified atom stereocenters. The fourth-order valence-electron chi connectivity index (χ4n) is 3.09. The summed E-state index contributed by atoms with van der Waals surface area (Å²) in [5.74, 6) is -1.50. The van der Waals surface area contributed by atoms with E-state index in [4.69, 9.17) is 4.74 Å². The average Bonchev–Trinajstić information content (AvgIpc) is 2.80. The van der Waals surface area contributed by atoms with E-state index < -0.39 is 17.4 Å². The summed E-state index contributed by atoms with van der Waals surface area (Å²) in [6.45, 7) is 3.46. The molecule has 0 saturated carbocycles. The molecule has 10 nitrogen and oxygen atoms in total. The van der Waals surface area contributed by atoms with E-state index in [1.165, 1.54) is 13.2 Å². The average molecular weight is 470 g/mol. The van der Waals surface area contributed by atoms with Crippen molar-refractivity contribution in [1.82, 2.24) is 20.3 Å². The van der Waals surface area contributed by atoms with Crippen LogP contribution < -0.4 is 16.2 Å². The molecule has 0 aliphatic carbocycles. The molecule has 172 valence electrons. The Morgan fingerprint density at radius 1 is 1.15 bits per heavy atom. The fraction of sp³-hybridized carbons (Fsp3) is 0.273. The second-order valence-electron chi connectivity index (χ2n) is 7.00. The van der Waals surface area contributed by atoms with Gasteiger partial charge in [-0.1, -0.05) is 36.9 Å². The first-order valence-corrected chi connectivity index (χ1v) is 11.1. The number of fused-ring (bicyclic) bond motifs is 1. The number of pyridine rings is 1. The van der Waals surface area contributed by atoms with Crippen molar-refractivity contribution in [3.8, 4) is 0 Å². The Morgan fingerprint density at radius 2 is 1.91 bits per heavy atom. The second kappa shape index (κ2) is 10.7. The zero-order valence-electron chi connectivity index (χ0n) is 18.4. The summed E-state index contributed by atoms with van der Waals surface area (Å²) in [4.78, 5) is 59.8. The van der Waals surface area contributed by atoms with Gasteiger partial charge in [0.2, 0.25) is 11.8 Å². The second-order valence-corrected chi connectivity index (χ2v) is 7.96. The lowest BCUT2D eigenvalue weighted by Crippen LogP contribution is -2.34. The summed E-state index contributed by atoms with van der Waals surface area (Å²) < 4.78 is 4.72. The van der Waals surface area contributed by atoms with Crippen LogP contribution in [-0.4, -0.2) is 52.1 Å². The Morgan fingerprint density at radius 3 is 2.64 bits per heavy atom. The molecule has 0 atom stereocenters. The molecule has 3 N–H and O–H groups in total. The number of H-pyrrole nitrogens is 1. The van der Waals surface area contributed by atoms with Crippen molar-refractivity contribution < 1.29 is 19.1 Å². The predicted molar refractivity (Wildman–Crippen MR) is 124 cm³/mol. The third-order valence-electron chi connectivity index (χ3n) is 4.65. The predicted octanol–water partition coefficient (Wildman–Crippen LogP) is 1.82. The monoisotopic (exact) mass is 469 g/mol. The molecule has 0 saturated heterocycles. The van der Waals surface area contributed by atoms with Crippen LogP contribution in [0.3, 0.4) is 0 Å². The number of carbonyl (C=O) groups excluding carboxylic acids is 3. The van der Waals surface area contributed by atoms with Crippen LogP contribution in [0.15, 0.2) is 40.3 Å². The number of anilines is 1. The van der Waals surface area contributed by atoms with Crippen molar-refractivity contribution in [3.63, 3.8) is 0 Å². The van der Waals surface area contributed by atoms with Gasteiger partial charge < -0.3 is 20.4 Å². The third-order valence-corrected chi connectivity index (χ3v) is 5.52. The highest BCUT2D eigenvalue weighted by Gasteiger charge is 2.18. The molecule has 0 fully saturated rings. The van der Waals surface area contributed by atoms with Gasteiger partial charge in [0, 0.05) is 11.4 Å². The normalized spacial score (nSPS) is 10.6. The number of para-hydroxylation sites is 1. The Labute approximate surface area is 193 Å². The highest BCUT2D eigenvalue weighted by molar-refractivity contribution is 7.99. The molecule has 2 heterocycles. The van der Waals surface area contributed by atoms with Crippen LogP contribution >= 0.6 is 11.8 Å². The summed E-state index contributed by atoms with van der Waals surface area (Å²) in [5.41, 5.74) is 1.78. The molecule has 3 aromatic rings. The van der Waals surface area contributed by atoms with Gasteiger partial charge in [-0.05, 0) is 31.0 Å². The van der Waals surface area contributed by atoms with Gasteiger partial charge in [0.15, 0.2) is 10.8 Å². The number of nitrogens with one attached hydrogen (secondary N) is 3. The molecular weight excluding hydrogens is 446 g/mol. The SMILES string of the molecule is CCc1ccccc1NC(=O)CNC(=O)CSc1nc2nc(C)cc(C(=O)OC)c2c(=O)[nH]1. The van der Waals surface area contributed by atoms with Gasteiger partial charge in [0.05, 0.1) is 30.4 Å². The molecule has 2 aromatic heterocycles. The fourth-order valence-corrected chi connectivity index (χ4v) is 3.78. The minimum absolute atomic E-state index is 0.0188. The lowest BCUT2D eigenvalue weighted by atomic mass is 10.1. The number of hydrogen-bond acceptors (Lipinski definition) is 8. The van der Waals surface area contributed by atoms with Gasteiger partial charge in [-0.25, -0.2) is 14.8 Å². The first-order valence-electron chi connectivity index (χ1n) is 10.1. The van der Waals surface area contributed by atoms with Crippen molar-refractivity contribution in [2.45, 2.75) is 25.4 Å². The highest BCUT2D eigenvalue weighted by atomic mass is 32.2. The summed E-state index contributed by atoms with van der Waals surface area (Å²) in [7, 11) is 1.22. The third kappa shape index (κ3) is 5.95. The molecule has 1 aromatic carbocycles. The van der Waals surface area contributed by atoms with Gasteiger partial charge in [0.1, 0.15) is 0 Å². The van der Waals surface area contributed by atoms with E-state index in [0.717, 1.165) is 23.7 Å². The number of ether oxygens (including phenoxy) is 1. The topological polar surface area (TPSA) is 143 Å². The molecule has 11 heteroatoms. The van der Waals surface area contributed by atoms with Crippen LogP contribution in [-0.2, 0) is 20.7 Å².